The third-order valence-electron chi connectivity index (χ3n) is 6.82. The summed E-state index contributed by atoms with van der Waals surface area (Å²) in [6.07, 6.45) is -0.477. The topological polar surface area (TPSA) is 113 Å². The van der Waals surface area contributed by atoms with E-state index in [9.17, 15) is 36.6 Å². The van der Waals surface area contributed by atoms with Gasteiger partial charge in [-0.25, -0.2) is 21.6 Å². The SMILES string of the molecule is COC[C@]1(O)CC2CCC(C1O)[C@H]2S(=O)(=O)c1cc(C(=O)Nc2cc(F)c(F)c(F)c2)ccc1Cl. The first-order valence-electron chi connectivity index (χ1n) is 10.8. The number of halogens is 4. The van der Waals surface area contributed by atoms with Gasteiger partial charge < -0.3 is 20.3 Å². The Bertz CT molecular complexity index is 1250. The van der Waals surface area contributed by atoms with Gasteiger partial charge in [0.15, 0.2) is 27.3 Å². The maximum Gasteiger partial charge on any atom is 0.255 e. The molecule has 0 aliphatic heterocycles. The number of sulfone groups is 1. The molecule has 0 saturated heterocycles. The fraction of sp³-hybridized carbons (Fsp3) is 0.435. The summed E-state index contributed by atoms with van der Waals surface area (Å²) in [7, 11) is -2.79. The number of amides is 1. The van der Waals surface area contributed by atoms with Crippen molar-refractivity contribution in [1.82, 2.24) is 0 Å². The molecule has 1 amide bonds. The van der Waals surface area contributed by atoms with Crippen LogP contribution in [0.5, 0.6) is 0 Å². The zero-order valence-electron chi connectivity index (χ0n) is 18.5. The molecule has 2 aromatic rings. The first kappa shape index (κ1) is 25.9. The van der Waals surface area contributed by atoms with Gasteiger partial charge in [0.05, 0.1) is 27.9 Å². The number of carbonyl (C=O) groups is 1. The number of carbonyl (C=O) groups excluding carboxylic acids is 1. The molecule has 0 radical (unpaired) electrons. The van der Waals surface area contributed by atoms with Crippen LogP contribution in [0.1, 0.15) is 29.6 Å². The Morgan fingerprint density at radius 1 is 1.20 bits per heavy atom. The Morgan fingerprint density at radius 3 is 2.49 bits per heavy atom. The Kier molecular flexibility index (Phi) is 6.93. The van der Waals surface area contributed by atoms with Gasteiger partial charge in [0.2, 0.25) is 0 Å². The van der Waals surface area contributed by atoms with Crippen molar-refractivity contribution in [1.29, 1.82) is 0 Å². The summed E-state index contributed by atoms with van der Waals surface area (Å²) in [6, 6.07) is 4.66. The average molecular weight is 534 g/mol. The zero-order valence-corrected chi connectivity index (χ0v) is 20.0. The van der Waals surface area contributed by atoms with E-state index in [2.05, 4.69) is 5.32 Å². The second kappa shape index (κ2) is 9.36. The van der Waals surface area contributed by atoms with E-state index in [0.717, 1.165) is 6.07 Å². The lowest BCUT2D eigenvalue weighted by Crippen LogP contribution is -2.58. The molecule has 0 spiro atoms. The number of benzene rings is 2. The monoisotopic (exact) mass is 533 g/mol. The molecular formula is C23H23ClF3NO6S. The molecule has 3 N–H and O–H groups in total. The van der Waals surface area contributed by atoms with Crippen molar-refractivity contribution in [2.45, 2.75) is 41.1 Å². The van der Waals surface area contributed by atoms with E-state index in [1.165, 1.54) is 19.2 Å². The summed E-state index contributed by atoms with van der Waals surface area (Å²) in [4.78, 5) is 12.3. The summed E-state index contributed by atoms with van der Waals surface area (Å²) < 4.78 is 72.5. The van der Waals surface area contributed by atoms with E-state index in [4.69, 9.17) is 16.3 Å². The van der Waals surface area contributed by atoms with Crippen LogP contribution in [-0.2, 0) is 14.6 Å². The van der Waals surface area contributed by atoms with Crippen molar-refractivity contribution in [2.75, 3.05) is 19.0 Å². The molecular weight excluding hydrogens is 511 g/mol. The Balaban J connectivity index is 1.64. The molecule has 5 atom stereocenters. The largest absolute Gasteiger partial charge is 0.390 e. The molecule has 2 aliphatic rings. The first-order chi connectivity index (χ1) is 16.4. The highest BCUT2D eigenvalue weighted by Gasteiger charge is 2.59. The van der Waals surface area contributed by atoms with Gasteiger partial charge in [-0.05, 0) is 43.4 Å². The van der Waals surface area contributed by atoms with Gasteiger partial charge in [0.1, 0.15) is 5.60 Å². The average Bonchev–Trinajstić information content (AvgIpc) is 3.15. The predicted molar refractivity (Wildman–Crippen MR) is 120 cm³/mol. The molecule has 2 aromatic carbocycles. The summed E-state index contributed by atoms with van der Waals surface area (Å²) in [5, 5.41) is 22.6. The highest BCUT2D eigenvalue weighted by atomic mass is 35.5. The molecule has 7 nitrogen and oxygen atoms in total. The Labute approximate surface area is 204 Å². The molecule has 2 saturated carbocycles. The normalized spacial score (nSPS) is 28.2. The van der Waals surface area contributed by atoms with E-state index >= 15 is 0 Å². The number of rotatable bonds is 6. The fourth-order valence-electron chi connectivity index (χ4n) is 5.33. The quantitative estimate of drug-likeness (QED) is 0.491. The number of anilines is 1. The first-order valence-corrected chi connectivity index (χ1v) is 12.7. The number of hydrogen-bond acceptors (Lipinski definition) is 6. The lowest BCUT2D eigenvalue weighted by molar-refractivity contribution is -0.153. The molecule has 4 rings (SSSR count). The minimum Gasteiger partial charge on any atom is -0.390 e. The Hall–Kier alpha value is -2.18. The van der Waals surface area contributed by atoms with Crippen molar-refractivity contribution >= 4 is 33.0 Å². The van der Waals surface area contributed by atoms with Crippen LogP contribution in [0.3, 0.4) is 0 Å². The molecule has 0 aromatic heterocycles. The van der Waals surface area contributed by atoms with Crippen molar-refractivity contribution in [3.05, 3.63) is 58.4 Å². The van der Waals surface area contributed by atoms with E-state index in [1.807, 2.05) is 0 Å². The molecule has 2 aliphatic carbocycles. The third-order valence-corrected chi connectivity index (χ3v) is 9.67. The van der Waals surface area contributed by atoms with Crippen LogP contribution in [0, 0.1) is 29.3 Å². The Morgan fingerprint density at radius 2 is 1.86 bits per heavy atom. The molecule has 12 heteroatoms. The van der Waals surface area contributed by atoms with Crippen molar-refractivity contribution in [3.63, 3.8) is 0 Å². The smallest absolute Gasteiger partial charge is 0.255 e. The number of aliphatic hydroxyl groups excluding tert-OH is 1. The van der Waals surface area contributed by atoms with E-state index in [1.54, 1.807) is 0 Å². The lowest BCUT2D eigenvalue weighted by atomic mass is 9.75. The summed E-state index contributed by atoms with van der Waals surface area (Å²) >= 11 is 6.20. The molecule has 0 heterocycles. The maximum atomic E-state index is 13.7. The lowest BCUT2D eigenvalue weighted by Gasteiger charge is -2.44. The van der Waals surface area contributed by atoms with Crippen molar-refractivity contribution in [3.8, 4) is 0 Å². The van der Waals surface area contributed by atoms with Crippen LogP contribution in [0.2, 0.25) is 5.02 Å². The van der Waals surface area contributed by atoms with Crippen LogP contribution in [0.4, 0.5) is 18.9 Å². The van der Waals surface area contributed by atoms with E-state index in [-0.39, 0.29) is 34.2 Å². The standard InChI is InChI=1S/C23H23ClF3NO6S/c1-34-10-23(31)9-12-2-4-14(21(23)29)20(12)35(32,33)18-6-11(3-5-15(18)24)22(30)28-13-7-16(25)19(27)17(26)8-13/h3,5-8,12,14,20-21,29,31H,2,4,9-10H2,1H3,(H,28,30)/t12?,14?,20-,21?,23+/m0/s1. The highest BCUT2D eigenvalue weighted by Crippen LogP contribution is 2.51. The van der Waals surface area contributed by atoms with E-state index < -0.39 is 62.0 Å². The molecule has 2 bridgehead atoms. The van der Waals surface area contributed by atoms with Crippen LogP contribution in [0.15, 0.2) is 35.2 Å². The van der Waals surface area contributed by atoms with Gasteiger partial charge in [-0.2, -0.15) is 0 Å². The fourth-order valence-corrected chi connectivity index (χ4v) is 8.18. The molecule has 190 valence electrons. The number of nitrogens with one attached hydrogen (secondary N) is 1. The summed E-state index contributed by atoms with van der Waals surface area (Å²) in [5.41, 5.74) is -2.10. The second-order valence-electron chi connectivity index (χ2n) is 9.05. The predicted octanol–water partition coefficient (Wildman–Crippen LogP) is 3.32. The number of hydrogen-bond donors (Lipinski definition) is 3. The minimum absolute atomic E-state index is 0.0158. The number of fused-ring (bicyclic) bond motifs is 2. The summed E-state index contributed by atoms with van der Waals surface area (Å²) in [5.74, 6) is -6.82. The van der Waals surface area contributed by atoms with Gasteiger partial charge in [-0.15, -0.1) is 0 Å². The summed E-state index contributed by atoms with van der Waals surface area (Å²) in [6.45, 7) is -0.144. The number of aliphatic hydroxyl groups is 2. The zero-order chi connectivity index (χ0) is 25.7. The molecule has 35 heavy (non-hydrogen) atoms. The van der Waals surface area contributed by atoms with Gasteiger partial charge in [0, 0.05) is 36.4 Å². The number of ether oxygens (including phenoxy) is 1. The van der Waals surface area contributed by atoms with Crippen molar-refractivity contribution in [2.24, 2.45) is 11.8 Å². The number of methoxy groups -OCH3 is 1. The van der Waals surface area contributed by atoms with Crippen LogP contribution >= 0.6 is 11.6 Å². The molecule has 3 unspecified atom stereocenters. The van der Waals surface area contributed by atoms with Crippen LogP contribution in [-0.4, -0.2) is 55.2 Å². The van der Waals surface area contributed by atoms with Gasteiger partial charge in [0.25, 0.3) is 5.91 Å². The minimum atomic E-state index is -4.17. The van der Waals surface area contributed by atoms with Gasteiger partial charge in [-0.3, -0.25) is 4.79 Å². The third kappa shape index (κ3) is 4.55. The van der Waals surface area contributed by atoms with Crippen LogP contribution < -0.4 is 5.32 Å². The van der Waals surface area contributed by atoms with E-state index in [0.29, 0.717) is 25.0 Å². The molecule has 2 fully saturated rings. The second-order valence-corrected chi connectivity index (χ2v) is 11.5. The van der Waals surface area contributed by atoms with Gasteiger partial charge >= 0.3 is 0 Å². The highest BCUT2D eigenvalue weighted by molar-refractivity contribution is 7.92. The maximum absolute atomic E-state index is 13.7. The van der Waals surface area contributed by atoms with Gasteiger partial charge in [-0.1, -0.05) is 11.6 Å². The van der Waals surface area contributed by atoms with Crippen LogP contribution in [0.25, 0.3) is 0 Å². The van der Waals surface area contributed by atoms with Crippen molar-refractivity contribution < 1.29 is 41.3 Å².